The van der Waals surface area contributed by atoms with Crippen molar-refractivity contribution in [3.63, 3.8) is 0 Å². The molecule has 5 nitrogen and oxygen atoms in total. The summed E-state index contributed by atoms with van der Waals surface area (Å²) >= 11 is 0. The van der Waals surface area contributed by atoms with Crippen LogP contribution >= 0.6 is 0 Å². The largest absolute Gasteiger partial charge is 0.396 e. The standard InChI is InChI=1S/C11H15FN2O3/c1-11(2,5-6-15)13-10-4-3-8(14(16)17)7-9(10)12/h3-4,7,13,15H,5-6H2,1-2H3. The van der Waals surface area contributed by atoms with Gasteiger partial charge in [0.15, 0.2) is 5.82 Å². The van der Waals surface area contributed by atoms with Gasteiger partial charge in [-0.25, -0.2) is 4.39 Å². The molecule has 1 aromatic carbocycles. The summed E-state index contributed by atoms with van der Waals surface area (Å²) in [6, 6.07) is 3.43. The van der Waals surface area contributed by atoms with E-state index in [2.05, 4.69) is 5.32 Å². The number of benzene rings is 1. The number of hydrogen-bond acceptors (Lipinski definition) is 4. The van der Waals surface area contributed by atoms with Gasteiger partial charge < -0.3 is 10.4 Å². The Hall–Kier alpha value is -1.69. The molecule has 0 aromatic heterocycles. The molecule has 0 saturated carbocycles. The lowest BCUT2D eigenvalue weighted by atomic mass is 10.0. The summed E-state index contributed by atoms with van der Waals surface area (Å²) < 4.78 is 13.6. The molecular weight excluding hydrogens is 227 g/mol. The first-order chi connectivity index (χ1) is 7.85. The van der Waals surface area contributed by atoms with E-state index in [4.69, 9.17) is 5.11 Å². The maximum Gasteiger partial charge on any atom is 0.272 e. The molecule has 0 spiro atoms. The summed E-state index contributed by atoms with van der Waals surface area (Å²) in [5.41, 5.74) is -0.576. The third-order valence-electron chi connectivity index (χ3n) is 2.37. The van der Waals surface area contributed by atoms with Gasteiger partial charge in [0.25, 0.3) is 5.69 Å². The monoisotopic (exact) mass is 242 g/mol. The normalized spacial score (nSPS) is 11.3. The maximum absolute atomic E-state index is 13.6. The number of anilines is 1. The Balaban J connectivity index is 2.90. The van der Waals surface area contributed by atoms with Gasteiger partial charge >= 0.3 is 0 Å². The number of nitrogens with zero attached hydrogens (tertiary/aromatic N) is 1. The van der Waals surface area contributed by atoms with Crippen LogP contribution in [0.2, 0.25) is 0 Å². The lowest BCUT2D eigenvalue weighted by Gasteiger charge is -2.26. The first-order valence-electron chi connectivity index (χ1n) is 5.19. The predicted octanol–water partition coefficient (Wildman–Crippen LogP) is 2.31. The lowest BCUT2D eigenvalue weighted by molar-refractivity contribution is -0.385. The first-order valence-corrected chi connectivity index (χ1v) is 5.19. The van der Waals surface area contributed by atoms with Crippen molar-refractivity contribution in [3.8, 4) is 0 Å². The van der Waals surface area contributed by atoms with Crippen LogP contribution in [0.4, 0.5) is 15.8 Å². The van der Waals surface area contributed by atoms with Gasteiger partial charge in [0.05, 0.1) is 16.7 Å². The van der Waals surface area contributed by atoms with Crippen LogP contribution in [0.15, 0.2) is 18.2 Å². The highest BCUT2D eigenvalue weighted by atomic mass is 19.1. The first kappa shape index (κ1) is 13.4. The summed E-state index contributed by atoms with van der Waals surface area (Å²) in [5, 5.41) is 22.2. The minimum atomic E-state index is -0.676. The fourth-order valence-corrected chi connectivity index (χ4v) is 1.43. The van der Waals surface area contributed by atoms with E-state index in [0.717, 1.165) is 6.07 Å². The molecule has 0 aliphatic rings. The Kier molecular flexibility index (Phi) is 4.01. The van der Waals surface area contributed by atoms with E-state index in [0.29, 0.717) is 6.42 Å². The van der Waals surface area contributed by atoms with Gasteiger partial charge in [-0.15, -0.1) is 0 Å². The fourth-order valence-electron chi connectivity index (χ4n) is 1.43. The van der Waals surface area contributed by atoms with E-state index >= 15 is 0 Å². The minimum Gasteiger partial charge on any atom is -0.396 e. The van der Waals surface area contributed by atoms with Crippen molar-refractivity contribution >= 4 is 11.4 Å². The van der Waals surface area contributed by atoms with Crippen LogP contribution in [0.1, 0.15) is 20.3 Å². The molecule has 0 atom stereocenters. The molecule has 1 aromatic rings. The number of hydrogen-bond donors (Lipinski definition) is 2. The highest BCUT2D eigenvalue weighted by Crippen LogP contribution is 2.24. The van der Waals surface area contributed by atoms with Crippen molar-refractivity contribution < 1.29 is 14.4 Å². The number of aliphatic hydroxyl groups excluding tert-OH is 1. The van der Waals surface area contributed by atoms with E-state index < -0.39 is 16.3 Å². The molecule has 0 fully saturated rings. The molecule has 0 heterocycles. The van der Waals surface area contributed by atoms with E-state index in [1.165, 1.54) is 12.1 Å². The second kappa shape index (κ2) is 5.09. The Labute approximate surface area is 98.4 Å². The molecule has 0 bridgehead atoms. The molecule has 6 heteroatoms. The smallest absolute Gasteiger partial charge is 0.272 e. The van der Waals surface area contributed by atoms with Gasteiger partial charge in [0, 0.05) is 18.2 Å². The number of non-ortho nitro benzene ring substituents is 1. The van der Waals surface area contributed by atoms with Crippen LogP contribution < -0.4 is 5.32 Å². The molecule has 0 amide bonds. The van der Waals surface area contributed by atoms with E-state index in [1.807, 2.05) is 13.8 Å². The van der Waals surface area contributed by atoms with Gasteiger partial charge in [-0.2, -0.15) is 0 Å². The molecule has 2 N–H and O–H groups in total. The number of aliphatic hydroxyl groups is 1. The van der Waals surface area contributed by atoms with E-state index in [9.17, 15) is 14.5 Å². The molecule has 0 unspecified atom stereocenters. The quantitative estimate of drug-likeness (QED) is 0.613. The second-order valence-corrected chi connectivity index (χ2v) is 4.40. The van der Waals surface area contributed by atoms with Crippen molar-refractivity contribution in [3.05, 3.63) is 34.1 Å². The van der Waals surface area contributed by atoms with Crippen LogP contribution in [0.5, 0.6) is 0 Å². The predicted molar refractivity (Wildman–Crippen MR) is 62.5 cm³/mol. The Morgan fingerprint density at radius 1 is 1.53 bits per heavy atom. The van der Waals surface area contributed by atoms with Crippen molar-refractivity contribution in [2.24, 2.45) is 0 Å². The summed E-state index contributed by atoms with van der Waals surface area (Å²) in [6.07, 6.45) is 0.448. The second-order valence-electron chi connectivity index (χ2n) is 4.40. The van der Waals surface area contributed by atoms with Crippen molar-refractivity contribution in [1.29, 1.82) is 0 Å². The molecule has 0 aliphatic carbocycles. The van der Waals surface area contributed by atoms with Crippen molar-refractivity contribution in [2.45, 2.75) is 25.8 Å². The van der Waals surface area contributed by atoms with Gasteiger partial charge in [-0.05, 0) is 26.3 Å². The lowest BCUT2D eigenvalue weighted by Crippen LogP contribution is -2.32. The zero-order chi connectivity index (χ0) is 13.1. The summed E-state index contributed by atoms with van der Waals surface area (Å²) in [4.78, 5) is 9.79. The molecule has 1 rings (SSSR count). The number of nitro benzene ring substituents is 1. The minimum absolute atomic E-state index is 0.0192. The Morgan fingerprint density at radius 3 is 2.65 bits per heavy atom. The summed E-state index contributed by atoms with van der Waals surface area (Å²) in [6.45, 7) is 3.60. The van der Waals surface area contributed by atoms with Crippen molar-refractivity contribution in [1.82, 2.24) is 0 Å². The average Bonchev–Trinajstić information content (AvgIpc) is 2.20. The molecule has 0 radical (unpaired) electrons. The highest BCUT2D eigenvalue weighted by molar-refractivity contribution is 5.51. The van der Waals surface area contributed by atoms with E-state index in [1.54, 1.807) is 0 Å². The van der Waals surface area contributed by atoms with Gasteiger partial charge in [-0.3, -0.25) is 10.1 Å². The number of nitro groups is 1. The van der Waals surface area contributed by atoms with Crippen LogP contribution in [-0.2, 0) is 0 Å². The topological polar surface area (TPSA) is 75.4 Å². The van der Waals surface area contributed by atoms with Crippen LogP contribution in [0, 0.1) is 15.9 Å². The fraction of sp³-hybridized carbons (Fsp3) is 0.455. The van der Waals surface area contributed by atoms with Gasteiger partial charge in [-0.1, -0.05) is 0 Å². The number of nitrogens with one attached hydrogen (secondary N) is 1. The molecule has 17 heavy (non-hydrogen) atoms. The average molecular weight is 242 g/mol. The third kappa shape index (κ3) is 3.67. The summed E-state index contributed by atoms with van der Waals surface area (Å²) in [5.74, 6) is -0.676. The van der Waals surface area contributed by atoms with Gasteiger partial charge in [0.2, 0.25) is 0 Å². The number of halogens is 1. The highest BCUT2D eigenvalue weighted by Gasteiger charge is 2.19. The Bertz CT molecular complexity index is 421. The maximum atomic E-state index is 13.6. The molecular formula is C11H15FN2O3. The Morgan fingerprint density at radius 2 is 2.18 bits per heavy atom. The molecule has 0 aliphatic heterocycles. The number of rotatable bonds is 5. The summed E-state index contributed by atoms with van der Waals surface area (Å²) in [7, 11) is 0. The van der Waals surface area contributed by atoms with Crippen LogP contribution in [-0.4, -0.2) is 22.2 Å². The molecule has 94 valence electrons. The van der Waals surface area contributed by atoms with Crippen LogP contribution in [0.3, 0.4) is 0 Å². The van der Waals surface area contributed by atoms with Gasteiger partial charge in [0.1, 0.15) is 0 Å². The molecule has 0 saturated heterocycles. The zero-order valence-electron chi connectivity index (χ0n) is 9.74. The zero-order valence-corrected chi connectivity index (χ0v) is 9.74. The third-order valence-corrected chi connectivity index (χ3v) is 2.37. The SMILES string of the molecule is CC(C)(CCO)Nc1ccc([N+](=O)[O-])cc1F. The van der Waals surface area contributed by atoms with Crippen LogP contribution in [0.25, 0.3) is 0 Å². The van der Waals surface area contributed by atoms with Crippen molar-refractivity contribution in [2.75, 3.05) is 11.9 Å². The van der Waals surface area contributed by atoms with E-state index in [-0.39, 0.29) is 18.0 Å².